The van der Waals surface area contributed by atoms with E-state index in [-0.39, 0.29) is 11.9 Å². The van der Waals surface area contributed by atoms with Crippen LogP contribution in [0.5, 0.6) is 0 Å². The van der Waals surface area contributed by atoms with Crippen LogP contribution in [-0.4, -0.2) is 35.0 Å². The summed E-state index contributed by atoms with van der Waals surface area (Å²) in [4.78, 5) is 22.6. The summed E-state index contributed by atoms with van der Waals surface area (Å²) < 4.78 is 0. The molecule has 1 unspecified atom stereocenters. The molecule has 1 saturated heterocycles. The standard InChI is InChI=1S/C17H20N4O/c22-17(7-6-14-4-2-1-3-5-14)20-15-8-11-21(13-15)16-12-18-9-10-19-16/h1-5,9-10,12,15H,6-8,11,13H2,(H,20,22). The Balaban J connectivity index is 1.45. The fourth-order valence-electron chi connectivity index (χ4n) is 2.74. The first-order chi connectivity index (χ1) is 10.8. The number of anilines is 1. The van der Waals surface area contributed by atoms with Gasteiger partial charge in [0.05, 0.1) is 6.20 Å². The molecule has 5 heteroatoms. The van der Waals surface area contributed by atoms with Gasteiger partial charge in [0.1, 0.15) is 5.82 Å². The monoisotopic (exact) mass is 296 g/mol. The minimum absolute atomic E-state index is 0.120. The molecule has 3 rings (SSSR count). The second-order valence-corrected chi connectivity index (χ2v) is 5.55. The summed E-state index contributed by atoms with van der Waals surface area (Å²) in [6.45, 7) is 1.71. The van der Waals surface area contributed by atoms with Crippen molar-refractivity contribution in [2.45, 2.75) is 25.3 Å². The minimum atomic E-state index is 0.120. The number of nitrogens with one attached hydrogen (secondary N) is 1. The highest BCUT2D eigenvalue weighted by molar-refractivity contribution is 5.76. The summed E-state index contributed by atoms with van der Waals surface area (Å²) in [6, 6.07) is 10.3. The van der Waals surface area contributed by atoms with Crippen molar-refractivity contribution >= 4 is 11.7 Å². The number of hydrogen-bond donors (Lipinski definition) is 1. The molecule has 1 aliphatic heterocycles. The summed E-state index contributed by atoms with van der Waals surface area (Å²) in [5.41, 5.74) is 1.20. The van der Waals surface area contributed by atoms with Crippen molar-refractivity contribution in [3.05, 3.63) is 54.5 Å². The third-order valence-electron chi connectivity index (χ3n) is 3.91. The predicted molar refractivity (Wildman–Crippen MR) is 85.6 cm³/mol. The van der Waals surface area contributed by atoms with Crippen LogP contribution in [0, 0.1) is 0 Å². The van der Waals surface area contributed by atoms with E-state index in [1.54, 1.807) is 18.6 Å². The maximum absolute atomic E-state index is 12.1. The van der Waals surface area contributed by atoms with Crippen molar-refractivity contribution in [2.75, 3.05) is 18.0 Å². The smallest absolute Gasteiger partial charge is 0.220 e. The Morgan fingerprint density at radius 1 is 1.27 bits per heavy atom. The summed E-state index contributed by atoms with van der Waals surface area (Å²) in [5, 5.41) is 3.12. The van der Waals surface area contributed by atoms with Crippen LogP contribution in [0.15, 0.2) is 48.9 Å². The number of rotatable bonds is 5. The first-order valence-corrected chi connectivity index (χ1v) is 7.65. The Bertz CT molecular complexity index is 603. The molecule has 1 atom stereocenters. The lowest BCUT2D eigenvalue weighted by atomic mass is 10.1. The van der Waals surface area contributed by atoms with Gasteiger partial charge < -0.3 is 10.2 Å². The van der Waals surface area contributed by atoms with Crippen molar-refractivity contribution in [1.29, 1.82) is 0 Å². The third kappa shape index (κ3) is 3.81. The summed E-state index contributed by atoms with van der Waals surface area (Å²) in [7, 11) is 0. The summed E-state index contributed by atoms with van der Waals surface area (Å²) >= 11 is 0. The molecule has 1 fully saturated rings. The van der Waals surface area contributed by atoms with Gasteiger partial charge in [-0.25, -0.2) is 4.98 Å². The predicted octanol–water partition coefficient (Wildman–Crippen LogP) is 1.80. The molecule has 114 valence electrons. The van der Waals surface area contributed by atoms with E-state index in [0.717, 1.165) is 31.7 Å². The SMILES string of the molecule is O=C(CCc1ccccc1)NC1CCN(c2cnccn2)C1. The number of aromatic nitrogens is 2. The highest BCUT2D eigenvalue weighted by Crippen LogP contribution is 2.16. The number of amides is 1. The van der Waals surface area contributed by atoms with Crippen LogP contribution < -0.4 is 10.2 Å². The normalized spacial score (nSPS) is 17.5. The van der Waals surface area contributed by atoms with Gasteiger partial charge in [0, 0.05) is 37.9 Å². The number of hydrogen-bond acceptors (Lipinski definition) is 4. The highest BCUT2D eigenvalue weighted by Gasteiger charge is 2.24. The molecule has 0 spiro atoms. The lowest BCUT2D eigenvalue weighted by Gasteiger charge is -2.17. The molecule has 1 aliphatic rings. The minimum Gasteiger partial charge on any atom is -0.353 e. The third-order valence-corrected chi connectivity index (χ3v) is 3.91. The Hall–Kier alpha value is -2.43. The zero-order valence-corrected chi connectivity index (χ0v) is 12.5. The van der Waals surface area contributed by atoms with E-state index in [1.165, 1.54) is 5.56 Å². The average molecular weight is 296 g/mol. The van der Waals surface area contributed by atoms with Crippen molar-refractivity contribution in [2.24, 2.45) is 0 Å². The summed E-state index contributed by atoms with van der Waals surface area (Å²) in [6.07, 6.45) is 7.40. The van der Waals surface area contributed by atoms with E-state index in [1.807, 2.05) is 18.2 Å². The van der Waals surface area contributed by atoms with Gasteiger partial charge >= 0.3 is 0 Å². The molecule has 5 nitrogen and oxygen atoms in total. The Morgan fingerprint density at radius 2 is 2.14 bits per heavy atom. The molecular formula is C17H20N4O. The molecular weight excluding hydrogens is 276 g/mol. The van der Waals surface area contributed by atoms with Gasteiger partial charge in [0.2, 0.25) is 5.91 Å². The largest absolute Gasteiger partial charge is 0.353 e. The van der Waals surface area contributed by atoms with E-state index in [2.05, 4.69) is 32.3 Å². The van der Waals surface area contributed by atoms with E-state index in [0.29, 0.717) is 6.42 Å². The van der Waals surface area contributed by atoms with Gasteiger partial charge in [-0.2, -0.15) is 0 Å². The molecule has 22 heavy (non-hydrogen) atoms. The van der Waals surface area contributed by atoms with Gasteiger partial charge in [-0.3, -0.25) is 9.78 Å². The van der Waals surface area contributed by atoms with E-state index in [9.17, 15) is 4.79 Å². The molecule has 1 N–H and O–H groups in total. The Kier molecular flexibility index (Phi) is 4.63. The van der Waals surface area contributed by atoms with E-state index in [4.69, 9.17) is 0 Å². The van der Waals surface area contributed by atoms with Crippen LogP contribution in [0.3, 0.4) is 0 Å². The van der Waals surface area contributed by atoms with Gasteiger partial charge in [-0.05, 0) is 18.4 Å². The zero-order chi connectivity index (χ0) is 15.2. The first-order valence-electron chi connectivity index (χ1n) is 7.65. The van der Waals surface area contributed by atoms with E-state index < -0.39 is 0 Å². The zero-order valence-electron chi connectivity index (χ0n) is 12.5. The van der Waals surface area contributed by atoms with Crippen LogP contribution in [0.1, 0.15) is 18.4 Å². The second-order valence-electron chi connectivity index (χ2n) is 5.55. The molecule has 2 heterocycles. The number of nitrogens with zero attached hydrogens (tertiary/aromatic N) is 3. The van der Waals surface area contributed by atoms with Gasteiger partial charge in [-0.15, -0.1) is 0 Å². The lowest BCUT2D eigenvalue weighted by Crippen LogP contribution is -2.37. The maximum Gasteiger partial charge on any atom is 0.220 e. The van der Waals surface area contributed by atoms with Gasteiger partial charge in [-0.1, -0.05) is 30.3 Å². The van der Waals surface area contributed by atoms with Gasteiger partial charge in [0.25, 0.3) is 0 Å². The molecule has 1 amide bonds. The average Bonchev–Trinajstić information content (AvgIpc) is 3.03. The van der Waals surface area contributed by atoms with Crippen molar-refractivity contribution in [1.82, 2.24) is 15.3 Å². The fraction of sp³-hybridized carbons (Fsp3) is 0.353. The second kappa shape index (κ2) is 7.02. The van der Waals surface area contributed by atoms with Crippen molar-refractivity contribution < 1.29 is 4.79 Å². The number of aryl methyl sites for hydroxylation is 1. The van der Waals surface area contributed by atoms with Crippen LogP contribution in [0.4, 0.5) is 5.82 Å². The molecule has 0 aliphatic carbocycles. The van der Waals surface area contributed by atoms with Crippen LogP contribution >= 0.6 is 0 Å². The molecule has 0 bridgehead atoms. The van der Waals surface area contributed by atoms with Crippen LogP contribution in [-0.2, 0) is 11.2 Å². The number of carbonyl (C=O) groups is 1. The highest BCUT2D eigenvalue weighted by atomic mass is 16.1. The van der Waals surface area contributed by atoms with Crippen molar-refractivity contribution in [3.8, 4) is 0 Å². The maximum atomic E-state index is 12.1. The summed E-state index contributed by atoms with van der Waals surface area (Å²) in [5.74, 6) is 0.999. The fourth-order valence-corrected chi connectivity index (χ4v) is 2.74. The molecule has 1 aromatic carbocycles. The molecule has 2 aromatic rings. The quantitative estimate of drug-likeness (QED) is 0.914. The van der Waals surface area contributed by atoms with E-state index >= 15 is 0 Å². The Morgan fingerprint density at radius 3 is 2.91 bits per heavy atom. The molecule has 0 radical (unpaired) electrons. The Labute approximate surface area is 130 Å². The number of benzene rings is 1. The first kappa shape index (κ1) is 14.5. The topological polar surface area (TPSA) is 58.1 Å². The van der Waals surface area contributed by atoms with Gasteiger partial charge in [0.15, 0.2) is 0 Å². The van der Waals surface area contributed by atoms with Crippen molar-refractivity contribution in [3.63, 3.8) is 0 Å². The van der Waals surface area contributed by atoms with Crippen LogP contribution in [0.25, 0.3) is 0 Å². The molecule has 1 aromatic heterocycles. The number of carbonyl (C=O) groups excluding carboxylic acids is 1. The lowest BCUT2D eigenvalue weighted by molar-refractivity contribution is -0.121. The molecule has 0 saturated carbocycles. The van der Waals surface area contributed by atoms with Crippen LogP contribution in [0.2, 0.25) is 0 Å².